The molecule has 0 saturated heterocycles. The van der Waals surface area contributed by atoms with Crippen LogP contribution in [0.15, 0.2) is 12.1 Å². The highest BCUT2D eigenvalue weighted by atomic mass is 35.5. The van der Waals surface area contributed by atoms with Crippen LogP contribution in [-0.2, 0) is 4.79 Å². The Hall–Kier alpha value is -1.95. The Labute approximate surface area is 128 Å². The second-order valence-electron chi connectivity index (χ2n) is 4.77. The van der Waals surface area contributed by atoms with Crippen LogP contribution in [0.5, 0.6) is 11.5 Å². The lowest BCUT2D eigenvalue weighted by Gasteiger charge is -2.15. The number of carboxylic acid groups (broad SMARTS) is 1. The van der Waals surface area contributed by atoms with Crippen molar-refractivity contribution in [2.24, 2.45) is 5.92 Å². The summed E-state index contributed by atoms with van der Waals surface area (Å²) in [6.45, 7) is 3.98. The molecule has 0 aliphatic heterocycles. The van der Waals surface area contributed by atoms with Crippen LogP contribution in [0.2, 0.25) is 5.02 Å². The van der Waals surface area contributed by atoms with E-state index in [1.807, 2.05) is 13.8 Å². The Morgan fingerprint density at radius 2 is 2.05 bits per heavy atom. The SMILES string of the molecule is COc1cc(C(=O)NCC(=O)O)cc(Cl)c1OCC(C)C. The van der Waals surface area contributed by atoms with Gasteiger partial charge in [-0.05, 0) is 18.1 Å². The van der Waals surface area contributed by atoms with Crippen molar-refractivity contribution in [2.45, 2.75) is 13.8 Å². The monoisotopic (exact) mass is 315 g/mol. The number of methoxy groups -OCH3 is 1. The number of amides is 1. The van der Waals surface area contributed by atoms with Crippen molar-refractivity contribution >= 4 is 23.5 Å². The summed E-state index contributed by atoms with van der Waals surface area (Å²) in [6.07, 6.45) is 0. The molecule has 0 radical (unpaired) electrons. The van der Waals surface area contributed by atoms with Crippen molar-refractivity contribution in [1.29, 1.82) is 0 Å². The topological polar surface area (TPSA) is 84.9 Å². The average Bonchev–Trinajstić information content (AvgIpc) is 2.42. The molecular formula is C14H18ClNO5. The number of carbonyl (C=O) groups excluding carboxylic acids is 1. The molecular weight excluding hydrogens is 298 g/mol. The van der Waals surface area contributed by atoms with Gasteiger partial charge in [0.25, 0.3) is 5.91 Å². The average molecular weight is 316 g/mol. The van der Waals surface area contributed by atoms with Crippen LogP contribution in [-0.4, -0.2) is 37.2 Å². The first-order chi connectivity index (χ1) is 9.85. The molecule has 21 heavy (non-hydrogen) atoms. The number of benzene rings is 1. The zero-order chi connectivity index (χ0) is 16.0. The Kier molecular flexibility index (Phi) is 6.30. The van der Waals surface area contributed by atoms with Crippen LogP contribution in [0.3, 0.4) is 0 Å². The Balaban J connectivity index is 2.97. The van der Waals surface area contributed by atoms with Gasteiger partial charge < -0.3 is 19.9 Å². The van der Waals surface area contributed by atoms with E-state index in [9.17, 15) is 9.59 Å². The molecule has 7 heteroatoms. The third kappa shape index (κ3) is 5.15. The number of aliphatic carboxylic acids is 1. The van der Waals surface area contributed by atoms with E-state index in [-0.39, 0.29) is 10.6 Å². The number of hydrogen-bond acceptors (Lipinski definition) is 4. The van der Waals surface area contributed by atoms with E-state index in [0.29, 0.717) is 24.0 Å². The number of nitrogens with one attached hydrogen (secondary N) is 1. The minimum Gasteiger partial charge on any atom is -0.493 e. The molecule has 1 aromatic carbocycles. The standard InChI is InChI=1S/C14H18ClNO5/c1-8(2)7-21-13-10(15)4-9(5-11(13)20-3)14(19)16-6-12(17)18/h4-5,8H,6-7H2,1-3H3,(H,16,19)(H,17,18). The van der Waals surface area contributed by atoms with Crippen LogP contribution < -0.4 is 14.8 Å². The van der Waals surface area contributed by atoms with Gasteiger partial charge in [0.1, 0.15) is 6.54 Å². The van der Waals surface area contributed by atoms with Crippen molar-refractivity contribution in [3.63, 3.8) is 0 Å². The second-order valence-corrected chi connectivity index (χ2v) is 5.18. The molecule has 0 fully saturated rings. The van der Waals surface area contributed by atoms with E-state index in [0.717, 1.165) is 0 Å². The molecule has 0 atom stereocenters. The van der Waals surface area contributed by atoms with E-state index >= 15 is 0 Å². The fraction of sp³-hybridized carbons (Fsp3) is 0.429. The highest BCUT2D eigenvalue weighted by molar-refractivity contribution is 6.32. The fourth-order valence-electron chi connectivity index (χ4n) is 1.50. The molecule has 1 aromatic rings. The summed E-state index contributed by atoms with van der Waals surface area (Å²) in [5.74, 6) is -0.679. The molecule has 0 bridgehead atoms. The van der Waals surface area contributed by atoms with Crippen LogP contribution in [0.1, 0.15) is 24.2 Å². The van der Waals surface area contributed by atoms with Gasteiger partial charge in [-0.3, -0.25) is 9.59 Å². The Bertz CT molecular complexity index is 530. The quantitative estimate of drug-likeness (QED) is 0.805. The molecule has 0 spiro atoms. The maximum absolute atomic E-state index is 11.8. The summed E-state index contributed by atoms with van der Waals surface area (Å²) < 4.78 is 10.7. The Morgan fingerprint density at radius 3 is 2.57 bits per heavy atom. The predicted octanol–water partition coefficient (Wildman–Crippen LogP) is 2.20. The molecule has 0 unspecified atom stereocenters. The van der Waals surface area contributed by atoms with Crippen molar-refractivity contribution in [2.75, 3.05) is 20.3 Å². The van der Waals surface area contributed by atoms with Gasteiger partial charge in [-0.1, -0.05) is 25.4 Å². The maximum atomic E-state index is 11.8. The third-order valence-electron chi connectivity index (χ3n) is 2.45. The molecule has 1 amide bonds. The largest absolute Gasteiger partial charge is 0.493 e. The van der Waals surface area contributed by atoms with Gasteiger partial charge in [-0.15, -0.1) is 0 Å². The van der Waals surface area contributed by atoms with Crippen molar-refractivity contribution in [1.82, 2.24) is 5.32 Å². The summed E-state index contributed by atoms with van der Waals surface area (Å²) in [7, 11) is 1.44. The molecule has 0 aliphatic carbocycles. The molecule has 1 rings (SSSR count). The Morgan fingerprint density at radius 1 is 1.38 bits per heavy atom. The van der Waals surface area contributed by atoms with Gasteiger partial charge in [-0.2, -0.15) is 0 Å². The molecule has 0 aromatic heterocycles. The number of ether oxygens (including phenoxy) is 2. The molecule has 0 saturated carbocycles. The number of carbonyl (C=O) groups is 2. The summed E-state index contributed by atoms with van der Waals surface area (Å²) in [4.78, 5) is 22.3. The minimum atomic E-state index is -1.13. The van der Waals surface area contributed by atoms with Gasteiger partial charge >= 0.3 is 5.97 Å². The third-order valence-corrected chi connectivity index (χ3v) is 2.73. The number of rotatable bonds is 7. The minimum absolute atomic E-state index is 0.204. The lowest BCUT2D eigenvalue weighted by Crippen LogP contribution is -2.29. The lowest BCUT2D eigenvalue weighted by atomic mass is 10.2. The lowest BCUT2D eigenvalue weighted by molar-refractivity contribution is -0.135. The zero-order valence-electron chi connectivity index (χ0n) is 12.1. The van der Waals surface area contributed by atoms with Gasteiger partial charge in [0.2, 0.25) is 0 Å². The highest BCUT2D eigenvalue weighted by Gasteiger charge is 2.16. The molecule has 0 heterocycles. The normalized spacial score (nSPS) is 10.3. The first kappa shape index (κ1) is 17.1. The van der Waals surface area contributed by atoms with E-state index in [1.165, 1.54) is 19.2 Å². The molecule has 2 N–H and O–H groups in total. The van der Waals surface area contributed by atoms with Crippen LogP contribution >= 0.6 is 11.6 Å². The molecule has 6 nitrogen and oxygen atoms in total. The van der Waals surface area contributed by atoms with E-state index in [4.69, 9.17) is 26.2 Å². The summed E-state index contributed by atoms with van der Waals surface area (Å²) >= 11 is 6.10. The van der Waals surface area contributed by atoms with Crippen molar-refractivity contribution in [3.8, 4) is 11.5 Å². The van der Waals surface area contributed by atoms with Crippen molar-refractivity contribution in [3.05, 3.63) is 22.7 Å². The first-order valence-electron chi connectivity index (χ1n) is 6.35. The van der Waals surface area contributed by atoms with Gasteiger partial charge in [0.05, 0.1) is 18.7 Å². The predicted molar refractivity (Wildman–Crippen MR) is 78.3 cm³/mol. The fourth-order valence-corrected chi connectivity index (χ4v) is 1.76. The van der Waals surface area contributed by atoms with E-state index in [2.05, 4.69) is 5.32 Å². The van der Waals surface area contributed by atoms with Gasteiger partial charge in [0, 0.05) is 5.56 Å². The molecule has 0 aliphatic rings. The number of halogens is 1. The van der Waals surface area contributed by atoms with Crippen LogP contribution in [0.4, 0.5) is 0 Å². The van der Waals surface area contributed by atoms with E-state index in [1.54, 1.807) is 0 Å². The maximum Gasteiger partial charge on any atom is 0.322 e. The summed E-state index contributed by atoms with van der Waals surface area (Å²) in [5, 5.41) is 11.0. The number of hydrogen-bond donors (Lipinski definition) is 2. The molecule has 116 valence electrons. The van der Waals surface area contributed by atoms with Gasteiger partial charge in [0.15, 0.2) is 11.5 Å². The summed E-state index contributed by atoms with van der Waals surface area (Å²) in [5.41, 5.74) is 0.204. The summed E-state index contributed by atoms with van der Waals surface area (Å²) in [6, 6.07) is 2.87. The van der Waals surface area contributed by atoms with Crippen LogP contribution in [0, 0.1) is 5.92 Å². The zero-order valence-corrected chi connectivity index (χ0v) is 12.9. The van der Waals surface area contributed by atoms with Gasteiger partial charge in [-0.25, -0.2) is 0 Å². The van der Waals surface area contributed by atoms with E-state index < -0.39 is 18.4 Å². The number of carboxylic acids is 1. The second kappa shape index (κ2) is 7.73. The highest BCUT2D eigenvalue weighted by Crippen LogP contribution is 2.36. The smallest absolute Gasteiger partial charge is 0.322 e. The van der Waals surface area contributed by atoms with Crippen molar-refractivity contribution < 1.29 is 24.2 Å². The van der Waals surface area contributed by atoms with Crippen LogP contribution in [0.25, 0.3) is 0 Å². The first-order valence-corrected chi connectivity index (χ1v) is 6.73.